The van der Waals surface area contributed by atoms with Gasteiger partial charge in [-0.25, -0.2) is 0 Å². The molecule has 0 spiro atoms. The number of likely N-dealkylation sites (tertiary alicyclic amines) is 1. The van der Waals surface area contributed by atoms with E-state index in [0.717, 1.165) is 25.6 Å². The van der Waals surface area contributed by atoms with Crippen molar-refractivity contribution < 1.29 is 4.74 Å². The van der Waals surface area contributed by atoms with Gasteiger partial charge in [-0.1, -0.05) is 24.6 Å². The molecular formula is C17H26N2O. The molecule has 3 nitrogen and oxygen atoms in total. The van der Waals surface area contributed by atoms with Crippen LogP contribution in [0, 0.1) is 0 Å². The predicted octanol–water partition coefficient (Wildman–Crippen LogP) is 2.91. The maximum Gasteiger partial charge on any atom is 0.0788 e. The predicted molar refractivity (Wildman–Crippen MR) is 83.3 cm³/mol. The Hall–Kier alpha value is -1.06. The SMILES string of the molecule is CN1CCCCC1CCOC1CNc2ccccc2C1. The first kappa shape index (κ1) is 13.9. The van der Waals surface area contributed by atoms with Crippen LogP contribution in [0.15, 0.2) is 24.3 Å². The standard InChI is InChI=1S/C17H26N2O/c1-19-10-5-4-7-15(19)9-11-20-16-12-14-6-2-3-8-17(14)18-13-16/h2-3,6,8,15-16,18H,4-5,7,9-13H2,1H3. The highest BCUT2D eigenvalue weighted by molar-refractivity contribution is 5.53. The molecule has 2 atom stereocenters. The molecule has 110 valence electrons. The van der Waals surface area contributed by atoms with Crippen molar-refractivity contribution >= 4 is 5.69 Å². The third kappa shape index (κ3) is 3.33. The summed E-state index contributed by atoms with van der Waals surface area (Å²) in [6.07, 6.45) is 6.63. The quantitative estimate of drug-likeness (QED) is 0.913. The molecule has 1 saturated heterocycles. The second kappa shape index (κ2) is 6.59. The van der Waals surface area contributed by atoms with Crippen LogP contribution < -0.4 is 5.32 Å². The number of nitrogens with zero attached hydrogens (tertiary/aromatic N) is 1. The number of para-hydroxylation sites is 1. The lowest BCUT2D eigenvalue weighted by molar-refractivity contribution is 0.0397. The second-order valence-corrected chi connectivity index (χ2v) is 6.15. The molecule has 0 bridgehead atoms. The zero-order valence-corrected chi connectivity index (χ0v) is 12.5. The van der Waals surface area contributed by atoms with Crippen molar-refractivity contribution in [3.05, 3.63) is 29.8 Å². The molecule has 0 aliphatic carbocycles. The number of hydrogen-bond donors (Lipinski definition) is 1. The van der Waals surface area contributed by atoms with Crippen LogP contribution in [0.2, 0.25) is 0 Å². The topological polar surface area (TPSA) is 24.5 Å². The van der Waals surface area contributed by atoms with Crippen LogP contribution in [0.1, 0.15) is 31.2 Å². The summed E-state index contributed by atoms with van der Waals surface area (Å²) in [4.78, 5) is 2.50. The van der Waals surface area contributed by atoms with Gasteiger partial charge in [-0.2, -0.15) is 0 Å². The van der Waals surface area contributed by atoms with Gasteiger partial charge < -0.3 is 15.0 Å². The fraction of sp³-hybridized carbons (Fsp3) is 0.647. The Morgan fingerprint density at radius 2 is 2.20 bits per heavy atom. The number of benzene rings is 1. The zero-order chi connectivity index (χ0) is 13.8. The van der Waals surface area contributed by atoms with E-state index < -0.39 is 0 Å². The molecule has 0 saturated carbocycles. The van der Waals surface area contributed by atoms with Gasteiger partial charge in [0.2, 0.25) is 0 Å². The molecule has 1 N–H and O–H groups in total. The Labute approximate surface area is 122 Å². The molecule has 2 unspecified atom stereocenters. The summed E-state index contributed by atoms with van der Waals surface area (Å²) in [7, 11) is 2.25. The summed E-state index contributed by atoms with van der Waals surface area (Å²) >= 11 is 0. The van der Waals surface area contributed by atoms with Crippen LogP contribution >= 0.6 is 0 Å². The first-order valence-electron chi connectivity index (χ1n) is 7.96. The lowest BCUT2D eigenvalue weighted by Gasteiger charge is -2.33. The van der Waals surface area contributed by atoms with Crippen molar-refractivity contribution in [3.63, 3.8) is 0 Å². The highest BCUT2D eigenvalue weighted by atomic mass is 16.5. The maximum atomic E-state index is 6.10. The van der Waals surface area contributed by atoms with Crippen molar-refractivity contribution in [2.24, 2.45) is 0 Å². The average Bonchev–Trinajstić information content (AvgIpc) is 2.49. The van der Waals surface area contributed by atoms with E-state index in [4.69, 9.17) is 4.74 Å². The van der Waals surface area contributed by atoms with E-state index >= 15 is 0 Å². The second-order valence-electron chi connectivity index (χ2n) is 6.15. The molecule has 1 aromatic carbocycles. The fourth-order valence-corrected chi connectivity index (χ4v) is 3.41. The number of ether oxygens (including phenoxy) is 1. The van der Waals surface area contributed by atoms with Crippen molar-refractivity contribution in [2.75, 3.05) is 32.1 Å². The van der Waals surface area contributed by atoms with Gasteiger partial charge in [0.05, 0.1) is 6.10 Å². The summed E-state index contributed by atoms with van der Waals surface area (Å²) in [5.41, 5.74) is 2.66. The lowest BCUT2D eigenvalue weighted by atomic mass is 10.00. The fourth-order valence-electron chi connectivity index (χ4n) is 3.41. The van der Waals surface area contributed by atoms with E-state index in [2.05, 4.69) is 41.5 Å². The Balaban J connectivity index is 1.43. The molecule has 3 rings (SSSR count). The maximum absolute atomic E-state index is 6.10. The van der Waals surface area contributed by atoms with Gasteiger partial charge in [-0.3, -0.25) is 0 Å². The largest absolute Gasteiger partial charge is 0.382 e. The van der Waals surface area contributed by atoms with Crippen LogP contribution in [0.4, 0.5) is 5.69 Å². The van der Waals surface area contributed by atoms with Gasteiger partial charge in [0.15, 0.2) is 0 Å². The van der Waals surface area contributed by atoms with E-state index in [1.165, 1.54) is 43.5 Å². The summed E-state index contributed by atoms with van der Waals surface area (Å²) in [5, 5.41) is 3.47. The summed E-state index contributed by atoms with van der Waals surface area (Å²) in [5.74, 6) is 0. The summed E-state index contributed by atoms with van der Waals surface area (Å²) in [6, 6.07) is 9.29. The number of fused-ring (bicyclic) bond motifs is 1. The molecule has 2 heterocycles. The Morgan fingerprint density at radius 3 is 3.10 bits per heavy atom. The summed E-state index contributed by atoms with van der Waals surface area (Å²) < 4.78 is 6.10. The van der Waals surface area contributed by atoms with Crippen LogP contribution in [0.25, 0.3) is 0 Å². The van der Waals surface area contributed by atoms with Crippen molar-refractivity contribution in [1.82, 2.24) is 4.90 Å². The molecule has 0 radical (unpaired) electrons. The molecule has 2 aliphatic rings. The minimum Gasteiger partial charge on any atom is -0.382 e. The third-order valence-electron chi connectivity index (χ3n) is 4.71. The van der Waals surface area contributed by atoms with Gasteiger partial charge in [-0.15, -0.1) is 0 Å². The Kier molecular flexibility index (Phi) is 4.58. The smallest absolute Gasteiger partial charge is 0.0788 e. The monoisotopic (exact) mass is 274 g/mol. The average molecular weight is 274 g/mol. The molecule has 20 heavy (non-hydrogen) atoms. The van der Waals surface area contributed by atoms with Crippen molar-refractivity contribution in [2.45, 2.75) is 44.2 Å². The minimum absolute atomic E-state index is 0.332. The number of anilines is 1. The first-order valence-corrected chi connectivity index (χ1v) is 7.96. The Morgan fingerprint density at radius 1 is 1.30 bits per heavy atom. The van der Waals surface area contributed by atoms with E-state index in [9.17, 15) is 0 Å². The van der Waals surface area contributed by atoms with Crippen molar-refractivity contribution in [3.8, 4) is 0 Å². The normalized spacial score (nSPS) is 26.9. The minimum atomic E-state index is 0.332. The lowest BCUT2D eigenvalue weighted by Crippen LogP contribution is -2.38. The first-order chi connectivity index (χ1) is 9.83. The number of piperidine rings is 1. The molecule has 0 aromatic heterocycles. The van der Waals surface area contributed by atoms with Gasteiger partial charge in [0, 0.05) is 31.3 Å². The number of rotatable bonds is 4. The molecule has 1 aromatic rings. The molecule has 2 aliphatic heterocycles. The van der Waals surface area contributed by atoms with E-state index in [-0.39, 0.29) is 0 Å². The van der Waals surface area contributed by atoms with Gasteiger partial charge in [-0.05, 0) is 44.5 Å². The van der Waals surface area contributed by atoms with Crippen LogP contribution in [0.3, 0.4) is 0 Å². The third-order valence-corrected chi connectivity index (χ3v) is 4.71. The highest BCUT2D eigenvalue weighted by Gasteiger charge is 2.21. The van der Waals surface area contributed by atoms with Gasteiger partial charge in [0.25, 0.3) is 0 Å². The molecular weight excluding hydrogens is 248 g/mol. The highest BCUT2D eigenvalue weighted by Crippen LogP contribution is 2.23. The number of hydrogen-bond acceptors (Lipinski definition) is 3. The van der Waals surface area contributed by atoms with Gasteiger partial charge >= 0.3 is 0 Å². The molecule has 1 fully saturated rings. The van der Waals surface area contributed by atoms with Crippen LogP contribution in [0.5, 0.6) is 0 Å². The summed E-state index contributed by atoms with van der Waals surface area (Å²) in [6.45, 7) is 3.09. The van der Waals surface area contributed by atoms with Crippen LogP contribution in [-0.2, 0) is 11.2 Å². The number of nitrogens with one attached hydrogen (secondary N) is 1. The van der Waals surface area contributed by atoms with Crippen LogP contribution in [-0.4, -0.2) is 43.8 Å². The molecule has 3 heteroatoms. The molecule has 0 amide bonds. The van der Waals surface area contributed by atoms with E-state index in [0.29, 0.717) is 6.10 Å². The van der Waals surface area contributed by atoms with E-state index in [1.54, 1.807) is 0 Å². The Bertz CT molecular complexity index is 435. The van der Waals surface area contributed by atoms with Gasteiger partial charge in [0.1, 0.15) is 0 Å². The zero-order valence-electron chi connectivity index (χ0n) is 12.5. The van der Waals surface area contributed by atoms with E-state index in [1.807, 2.05) is 0 Å². The van der Waals surface area contributed by atoms with Crippen molar-refractivity contribution in [1.29, 1.82) is 0 Å².